The molecule has 0 atom stereocenters. The van der Waals surface area contributed by atoms with Crippen LogP contribution in [-0.2, 0) is 0 Å². The first-order valence-electron chi connectivity index (χ1n) is 6.40. The molecule has 1 aliphatic rings. The third kappa shape index (κ3) is 3.98. The Morgan fingerprint density at radius 2 is 1.84 bits per heavy atom. The number of nitrogens with two attached hydrogens (primary N) is 1. The van der Waals surface area contributed by atoms with Crippen molar-refractivity contribution in [2.75, 3.05) is 5.73 Å². The summed E-state index contributed by atoms with van der Waals surface area (Å²) in [6, 6.07) is 1.80. The lowest BCUT2D eigenvalue weighted by atomic mass is 9.81. The van der Waals surface area contributed by atoms with Gasteiger partial charge in [0.2, 0.25) is 0 Å². The maximum absolute atomic E-state index is 12.5. The Morgan fingerprint density at radius 3 is 2.42 bits per heavy atom. The monoisotopic (exact) mass is 270 g/mol. The molecule has 2 nitrogen and oxygen atoms in total. The summed E-state index contributed by atoms with van der Waals surface area (Å²) in [7, 11) is 0. The summed E-state index contributed by atoms with van der Waals surface area (Å²) in [6.07, 6.45) is 4.73. The minimum atomic E-state index is -4.04. The molecule has 1 aromatic rings. The lowest BCUT2D eigenvalue weighted by molar-refractivity contribution is -0.183. The number of halogens is 3. The van der Waals surface area contributed by atoms with Crippen LogP contribution in [0.2, 0.25) is 0 Å². The van der Waals surface area contributed by atoms with Gasteiger partial charge in [-0.25, -0.2) is 0 Å². The largest absolute Gasteiger partial charge is 0.397 e. The van der Waals surface area contributed by atoms with Crippen molar-refractivity contribution < 1.29 is 13.2 Å². The molecule has 0 saturated heterocycles. The fraction of sp³-hybridized carbons (Fsp3) is 0.500. The Kier molecular flexibility index (Phi) is 4.12. The first-order chi connectivity index (χ1) is 8.95. The summed E-state index contributed by atoms with van der Waals surface area (Å²) in [4.78, 5) is 3.97. The second-order valence-corrected chi connectivity index (χ2v) is 5.06. The Labute approximate surface area is 110 Å². The number of hydrogen-bond donors (Lipinski definition) is 1. The maximum Gasteiger partial charge on any atom is 0.391 e. The van der Waals surface area contributed by atoms with Crippen molar-refractivity contribution in [1.82, 2.24) is 4.98 Å². The molecule has 0 aromatic carbocycles. The van der Waals surface area contributed by atoms with E-state index < -0.39 is 12.1 Å². The first-order valence-corrected chi connectivity index (χ1v) is 6.40. The molecule has 1 fully saturated rings. The molecular weight excluding hydrogens is 253 g/mol. The quantitative estimate of drug-likeness (QED) is 0.880. The van der Waals surface area contributed by atoms with Gasteiger partial charge in [0.05, 0.1) is 11.6 Å². The number of aromatic nitrogens is 1. The number of allylic oxidation sites excluding steroid dienone is 1. The Bertz CT molecular complexity index is 446. The van der Waals surface area contributed by atoms with Crippen LogP contribution in [0.4, 0.5) is 18.9 Å². The van der Waals surface area contributed by atoms with Crippen molar-refractivity contribution in [3.63, 3.8) is 0 Å². The van der Waals surface area contributed by atoms with Gasteiger partial charge in [-0.2, -0.15) is 13.2 Å². The number of hydrogen-bond acceptors (Lipinski definition) is 2. The molecule has 1 saturated carbocycles. The van der Waals surface area contributed by atoms with Crippen molar-refractivity contribution in [2.24, 2.45) is 11.8 Å². The molecule has 5 heteroatoms. The highest BCUT2D eigenvalue weighted by Crippen LogP contribution is 2.39. The smallest absolute Gasteiger partial charge is 0.391 e. The van der Waals surface area contributed by atoms with Crippen LogP contribution < -0.4 is 5.73 Å². The highest BCUT2D eigenvalue weighted by Gasteiger charge is 2.40. The van der Waals surface area contributed by atoms with Crippen LogP contribution >= 0.6 is 0 Å². The van der Waals surface area contributed by atoms with Gasteiger partial charge in [0.1, 0.15) is 0 Å². The molecule has 0 unspecified atom stereocenters. The molecule has 0 amide bonds. The Balaban J connectivity index is 1.89. The Hall–Kier alpha value is -1.52. The maximum atomic E-state index is 12.5. The summed E-state index contributed by atoms with van der Waals surface area (Å²) in [5.41, 5.74) is 7.09. The zero-order valence-electron chi connectivity index (χ0n) is 10.5. The fourth-order valence-electron chi connectivity index (χ4n) is 2.45. The molecule has 2 rings (SSSR count). The van der Waals surface area contributed by atoms with E-state index in [0.717, 1.165) is 5.56 Å². The van der Waals surface area contributed by atoms with Gasteiger partial charge in [0.25, 0.3) is 0 Å². The second kappa shape index (κ2) is 5.63. The van der Waals surface area contributed by atoms with E-state index >= 15 is 0 Å². The molecule has 0 spiro atoms. The zero-order valence-corrected chi connectivity index (χ0v) is 10.5. The molecule has 0 aliphatic heterocycles. The topological polar surface area (TPSA) is 38.9 Å². The highest BCUT2D eigenvalue weighted by molar-refractivity contribution is 5.53. The van der Waals surface area contributed by atoms with E-state index in [-0.39, 0.29) is 18.8 Å². The molecule has 0 radical (unpaired) electrons. The van der Waals surface area contributed by atoms with Gasteiger partial charge in [-0.15, -0.1) is 0 Å². The number of pyridine rings is 1. The van der Waals surface area contributed by atoms with Gasteiger partial charge in [-0.1, -0.05) is 12.2 Å². The molecule has 0 bridgehead atoms. The van der Waals surface area contributed by atoms with E-state index in [0.29, 0.717) is 18.5 Å². The number of nitrogens with zero attached hydrogens (tertiary/aromatic N) is 1. The van der Waals surface area contributed by atoms with Crippen molar-refractivity contribution in [2.45, 2.75) is 31.9 Å². The normalized spacial score (nSPS) is 24.8. The fourth-order valence-corrected chi connectivity index (χ4v) is 2.45. The van der Waals surface area contributed by atoms with E-state index in [4.69, 9.17) is 5.73 Å². The van der Waals surface area contributed by atoms with Crippen LogP contribution in [0.1, 0.15) is 31.2 Å². The number of nitrogen functional groups attached to an aromatic ring is 1. The van der Waals surface area contributed by atoms with Gasteiger partial charge < -0.3 is 5.73 Å². The summed E-state index contributed by atoms with van der Waals surface area (Å²) in [5, 5.41) is 0. The SMILES string of the molecule is Nc1cncc(/C=C/C2CCC(C(F)(F)F)CC2)c1. The van der Waals surface area contributed by atoms with E-state index in [1.165, 1.54) is 0 Å². The first kappa shape index (κ1) is 13.9. The molecule has 2 N–H and O–H groups in total. The highest BCUT2D eigenvalue weighted by atomic mass is 19.4. The summed E-state index contributed by atoms with van der Waals surface area (Å²) < 4.78 is 37.6. The van der Waals surface area contributed by atoms with Crippen molar-refractivity contribution in [1.29, 1.82) is 0 Å². The molecule has 1 aromatic heterocycles. The summed E-state index contributed by atoms with van der Waals surface area (Å²) >= 11 is 0. The van der Waals surface area contributed by atoms with E-state index in [2.05, 4.69) is 4.98 Å². The standard InChI is InChI=1S/C14H17F3N2/c15-14(16,17)12-5-3-10(4-6-12)1-2-11-7-13(18)9-19-8-11/h1-2,7-10,12H,3-6,18H2/b2-1+. The third-order valence-corrected chi connectivity index (χ3v) is 3.58. The third-order valence-electron chi connectivity index (χ3n) is 3.58. The van der Waals surface area contributed by atoms with Crippen LogP contribution in [0.5, 0.6) is 0 Å². The summed E-state index contributed by atoms with van der Waals surface area (Å²) in [5.74, 6) is -0.897. The van der Waals surface area contributed by atoms with Gasteiger partial charge in [-0.3, -0.25) is 4.98 Å². The summed E-state index contributed by atoms with van der Waals surface area (Å²) in [6.45, 7) is 0. The molecule has 19 heavy (non-hydrogen) atoms. The van der Waals surface area contributed by atoms with Gasteiger partial charge in [0, 0.05) is 12.4 Å². The number of alkyl halides is 3. The zero-order chi connectivity index (χ0) is 13.9. The van der Waals surface area contributed by atoms with Gasteiger partial charge in [-0.05, 0) is 43.2 Å². The Morgan fingerprint density at radius 1 is 1.16 bits per heavy atom. The van der Waals surface area contributed by atoms with Gasteiger partial charge >= 0.3 is 6.18 Å². The number of rotatable bonds is 2. The van der Waals surface area contributed by atoms with Crippen LogP contribution in [0.3, 0.4) is 0 Å². The van der Waals surface area contributed by atoms with E-state index in [9.17, 15) is 13.2 Å². The van der Waals surface area contributed by atoms with Crippen molar-refractivity contribution in [3.8, 4) is 0 Å². The van der Waals surface area contributed by atoms with Crippen LogP contribution in [0.25, 0.3) is 6.08 Å². The van der Waals surface area contributed by atoms with Gasteiger partial charge in [0.15, 0.2) is 0 Å². The predicted octanol–water partition coefficient (Wildman–Crippen LogP) is 4.05. The molecule has 104 valence electrons. The van der Waals surface area contributed by atoms with Crippen LogP contribution in [-0.4, -0.2) is 11.2 Å². The predicted molar refractivity (Wildman–Crippen MR) is 69.2 cm³/mol. The number of anilines is 1. The average molecular weight is 270 g/mol. The minimum absolute atomic E-state index is 0.222. The lowest BCUT2D eigenvalue weighted by Gasteiger charge is -2.28. The van der Waals surface area contributed by atoms with E-state index in [1.54, 1.807) is 18.5 Å². The molecule has 1 heterocycles. The molecular formula is C14H17F3N2. The minimum Gasteiger partial charge on any atom is -0.397 e. The average Bonchev–Trinajstić information content (AvgIpc) is 2.36. The molecule has 1 aliphatic carbocycles. The van der Waals surface area contributed by atoms with Crippen molar-refractivity contribution in [3.05, 3.63) is 30.1 Å². The lowest BCUT2D eigenvalue weighted by Crippen LogP contribution is -2.27. The second-order valence-electron chi connectivity index (χ2n) is 5.06. The van der Waals surface area contributed by atoms with E-state index in [1.807, 2.05) is 12.2 Å². The van der Waals surface area contributed by atoms with Crippen LogP contribution in [0.15, 0.2) is 24.5 Å². The van der Waals surface area contributed by atoms with Crippen molar-refractivity contribution >= 4 is 11.8 Å². The van der Waals surface area contributed by atoms with Crippen LogP contribution in [0, 0.1) is 11.8 Å².